The number of unbranched alkanes of at least 4 members (excludes halogenated alkanes) is 2. The van der Waals surface area contributed by atoms with Crippen LogP contribution in [0.5, 0.6) is 0 Å². The first kappa shape index (κ1) is 23.9. The predicted octanol–water partition coefficient (Wildman–Crippen LogP) is 5.57. The van der Waals surface area contributed by atoms with E-state index in [1.54, 1.807) is 7.05 Å². The molecule has 1 amide bonds. The smallest absolute Gasteiger partial charge is 0.255 e. The number of carbonyl (C=O) groups excluding carboxylic acids is 1. The van der Waals surface area contributed by atoms with Gasteiger partial charge in [-0.2, -0.15) is 4.98 Å². The highest BCUT2D eigenvalue weighted by atomic mass is 32.2. The van der Waals surface area contributed by atoms with Gasteiger partial charge >= 0.3 is 0 Å². The van der Waals surface area contributed by atoms with Crippen LogP contribution in [0.15, 0.2) is 34.7 Å². The highest BCUT2D eigenvalue weighted by Gasteiger charge is 2.34. The minimum Gasteiger partial charge on any atom is -0.437 e. The van der Waals surface area contributed by atoms with Crippen LogP contribution >= 0.6 is 0 Å². The lowest BCUT2D eigenvalue weighted by Gasteiger charge is -2.23. The monoisotopic (exact) mass is 495 g/mol. The average molecular weight is 496 g/mol. The van der Waals surface area contributed by atoms with Gasteiger partial charge in [-0.3, -0.25) is 9.10 Å². The maximum atomic E-state index is 13.0. The van der Waals surface area contributed by atoms with Crippen LogP contribution in [-0.4, -0.2) is 39.2 Å². The molecule has 2 aromatic heterocycles. The summed E-state index contributed by atoms with van der Waals surface area (Å²) in [5, 5.41) is 3.36. The number of fused-ring (bicyclic) bond motifs is 1. The molecule has 0 spiro atoms. The zero-order chi connectivity index (χ0) is 24.7. The molecule has 8 heteroatoms. The fourth-order valence-corrected chi connectivity index (χ4v) is 5.66. The van der Waals surface area contributed by atoms with Crippen molar-refractivity contribution in [1.29, 1.82) is 0 Å². The molecule has 2 aliphatic carbocycles. The zero-order valence-electron chi connectivity index (χ0n) is 20.6. The molecule has 2 fully saturated rings. The Morgan fingerprint density at radius 2 is 1.80 bits per heavy atom. The Labute approximate surface area is 207 Å². The summed E-state index contributed by atoms with van der Waals surface area (Å²) in [6.07, 6.45) is 8.33. The molecule has 7 nitrogen and oxygen atoms in total. The molecule has 0 atom stereocenters. The number of pyridine rings is 1. The lowest BCUT2D eigenvalue weighted by Crippen LogP contribution is -2.32. The number of nitrogens with zero attached hydrogens (tertiary/aromatic N) is 2. The average Bonchev–Trinajstić information content (AvgIpc) is 3.76. The van der Waals surface area contributed by atoms with Gasteiger partial charge in [-0.25, -0.2) is 8.42 Å². The highest BCUT2D eigenvalue weighted by molar-refractivity contribution is 7.92. The van der Waals surface area contributed by atoms with Crippen LogP contribution in [0.4, 0.5) is 5.82 Å². The van der Waals surface area contributed by atoms with Gasteiger partial charge in [0.25, 0.3) is 5.91 Å². The van der Waals surface area contributed by atoms with E-state index in [4.69, 9.17) is 9.40 Å². The number of benzene rings is 1. The quantitative estimate of drug-likeness (QED) is 0.372. The van der Waals surface area contributed by atoms with E-state index in [-0.39, 0.29) is 17.5 Å². The number of hydrogen-bond donors (Lipinski definition) is 1. The largest absolute Gasteiger partial charge is 0.437 e. The molecule has 5 rings (SSSR count). The number of rotatable bonds is 10. The molecule has 3 aromatic rings. The molecule has 1 aromatic carbocycles. The number of amides is 1. The second kappa shape index (κ2) is 9.30. The third-order valence-electron chi connectivity index (χ3n) is 6.99. The van der Waals surface area contributed by atoms with E-state index >= 15 is 0 Å². The summed E-state index contributed by atoms with van der Waals surface area (Å²) in [5.41, 5.74) is 3.72. The van der Waals surface area contributed by atoms with E-state index in [2.05, 4.69) is 24.4 Å². The van der Waals surface area contributed by atoms with Gasteiger partial charge in [-0.15, -0.1) is 0 Å². The summed E-state index contributed by atoms with van der Waals surface area (Å²) in [7, 11) is -1.93. The first-order valence-electron chi connectivity index (χ1n) is 12.6. The van der Waals surface area contributed by atoms with Gasteiger partial charge < -0.3 is 9.73 Å². The molecule has 186 valence electrons. The maximum absolute atomic E-state index is 13.0. The first-order chi connectivity index (χ1) is 16.8. The van der Waals surface area contributed by atoms with Gasteiger partial charge in [0.1, 0.15) is 11.6 Å². The number of anilines is 1. The fraction of sp³-hybridized carbons (Fsp3) is 0.481. The van der Waals surface area contributed by atoms with E-state index < -0.39 is 10.0 Å². The van der Waals surface area contributed by atoms with Gasteiger partial charge in [0.05, 0.1) is 17.2 Å². The molecule has 35 heavy (non-hydrogen) atoms. The van der Waals surface area contributed by atoms with Crippen LogP contribution in [0.2, 0.25) is 0 Å². The van der Waals surface area contributed by atoms with Crippen LogP contribution in [0.25, 0.3) is 22.4 Å². The van der Waals surface area contributed by atoms with Crippen molar-refractivity contribution >= 4 is 32.8 Å². The Hall–Kier alpha value is -2.87. The van der Waals surface area contributed by atoms with E-state index in [0.717, 1.165) is 43.2 Å². The second-order valence-corrected chi connectivity index (χ2v) is 11.8. The minimum absolute atomic E-state index is 0.242. The third kappa shape index (κ3) is 4.81. The third-order valence-corrected chi connectivity index (χ3v) is 8.14. The van der Waals surface area contributed by atoms with Crippen molar-refractivity contribution in [3.8, 4) is 11.3 Å². The number of carbonyl (C=O) groups is 1. The zero-order valence-corrected chi connectivity index (χ0v) is 21.5. The summed E-state index contributed by atoms with van der Waals surface area (Å²) < 4.78 is 33.2. The van der Waals surface area contributed by atoms with Crippen molar-refractivity contribution < 1.29 is 17.6 Å². The number of aromatic nitrogens is 1. The Morgan fingerprint density at radius 3 is 2.37 bits per heavy atom. The van der Waals surface area contributed by atoms with Crippen molar-refractivity contribution in [2.24, 2.45) is 0 Å². The normalized spacial score (nSPS) is 16.0. The van der Waals surface area contributed by atoms with Crippen molar-refractivity contribution in [1.82, 2.24) is 10.3 Å². The number of hydrogen-bond acceptors (Lipinski definition) is 5. The Morgan fingerprint density at radius 1 is 1.11 bits per heavy atom. The van der Waals surface area contributed by atoms with Crippen molar-refractivity contribution in [3.05, 3.63) is 47.0 Å². The molecule has 0 saturated heterocycles. The molecular weight excluding hydrogens is 462 g/mol. The standard InChI is InChI=1S/C27H33N3O4S/c1-4-5-6-15-30(35(3,32)33)25-21(19-11-12-19)16-22-23(26(31)28-2)24(34-27(22)29-25)20-13-9-18(10-14-20)17-7-8-17/h9-10,13-14,16-17,19H,4-8,11-12,15H2,1-3H3,(H,28,31). The van der Waals surface area contributed by atoms with Gasteiger partial charge in [0.2, 0.25) is 15.7 Å². The van der Waals surface area contributed by atoms with Crippen molar-refractivity contribution in [2.75, 3.05) is 24.2 Å². The van der Waals surface area contributed by atoms with Crippen LogP contribution < -0.4 is 9.62 Å². The van der Waals surface area contributed by atoms with Gasteiger partial charge in [0, 0.05) is 19.2 Å². The Bertz CT molecular complexity index is 1350. The summed E-state index contributed by atoms with van der Waals surface area (Å²) >= 11 is 0. The van der Waals surface area contributed by atoms with E-state index in [9.17, 15) is 13.2 Å². The van der Waals surface area contributed by atoms with E-state index in [1.807, 2.05) is 18.2 Å². The summed E-state index contributed by atoms with van der Waals surface area (Å²) in [6.45, 7) is 2.47. The predicted molar refractivity (Wildman–Crippen MR) is 138 cm³/mol. The van der Waals surface area contributed by atoms with Crippen LogP contribution in [-0.2, 0) is 10.0 Å². The van der Waals surface area contributed by atoms with Crippen LogP contribution in [0.1, 0.15) is 85.2 Å². The molecule has 2 saturated carbocycles. The number of furan rings is 1. The summed E-state index contributed by atoms with van der Waals surface area (Å²) in [4.78, 5) is 17.8. The second-order valence-electron chi connectivity index (χ2n) is 9.85. The SMILES string of the molecule is CCCCCN(c1nc2oc(-c3ccc(C4CC4)cc3)c(C(=O)NC)c2cc1C1CC1)S(C)(=O)=O. The van der Waals surface area contributed by atoms with Crippen LogP contribution in [0.3, 0.4) is 0 Å². The molecule has 0 radical (unpaired) electrons. The molecule has 2 aliphatic rings. The van der Waals surface area contributed by atoms with Gasteiger partial charge in [0.15, 0.2) is 0 Å². The molecule has 1 N–H and O–H groups in total. The highest BCUT2D eigenvalue weighted by Crippen LogP contribution is 2.47. The molecular formula is C27H33N3O4S. The molecule has 2 heterocycles. The Kier molecular flexibility index (Phi) is 6.34. The van der Waals surface area contributed by atoms with Crippen molar-refractivity contribution in [3.63, 3.8) is 0 Å². The topological polar surface area (TPSA) is 92.5 Å². The fourth-order valence-electron chi connectivity index (χ4n) is 4.74. The lowest BCUT2D eigenvalue weighted by molar-refractivity contribution is 0.0964. The molecule has 0 unspecified atom stereocenters. The maximum Gasteiger partial charge on any atom is 0.255 e. The van der Waals surface area contributed by atoms with Crippen LogP contribution in [0, 0.1) is 0 Å². The summed E-state index contributed by atoms with van der Waals surface area (Å²) in [5.74, 6) is 1.53. The molecule has 0 bridgehead atoms. The first-order valence-corrected chi connectivity index (χ1v) is 14.4. The minimum atomic E-state index is -3.53. The van der Waals surface area contributed by atoms with E-state index in [1.165, 1.54) is 29.0 Å². The number of nitrogens with one attached hydrogen (secondary N) is 1. The summed E-state index contributed by atoms with van der Waals surface area (Å²) in [6, 6.07) is 10.1. The Balaban J connectivity index is 1.66. The van der Waals surface area contributed by atoms with Crippen molar-refractivity contribution in [2.45, 2.75) is 63.7 Å². The van der Waals surface area contributed by atoms with Gasteiger partial charge in [-0.1, -0.05) is 44.0 Å². The van der Waals surface area contributed by atoms with Gasteiger partial charge in [-0.05, 0) is 61.1 Å². The van der Waals surface area contributed by atoms with E-state index in [0.29, 0.717) is 35.0 Å². The number of sulfonamides is 1. The lowest BCUT2D eigenvalue weighted by atomic mass is 10.0. The molecule has 0 aliphatic heterocycles.